The Bertz CT molecular complexity index is 622. The zero-order chi connectivity index (χ0) is 15.4. The topological polar surface area (TPSA) is 18.8 Å². The van der Waals surface area contributed by atoms with Crippen molar-refractivity contribution >= 4 is 17.6 Å². The molecule has 22 heavy (non-hydrogen) atoms. The average molecular weight is 313 g/mol. The van der Waals surface area contributed by atoms with Crippen LogP contribution in [0.5, 0.6) is 0 Å². The molecule has 1 aliphatic rings. The van der Waals surface area contributed by atoms with Crippen LogP contribution in [-0.2, 0) is 6.54 Å². The van der Waals surface area contributed by atoms with E-state index in [4.69, 9.17) is 0 Å². The van der Waals surface area contributed by atoms with Crippen molar-refractivity contribution in [2.45, 2.75) is 20.4 Å². The van der Waals surface area contributed by atoms with Gasteiger partial charge in [-0.2, -0.15) is 5.10 Å². The maximum Gasteiger partial charge on any atom is 0.0642 e. The molecule has 0 spiro atoms. The van der Waals surface area contributed by atoms with Gasteiger partial charge in [0.2, 0.25) is 0 Å². The second-order valence-corrected chi connectivity index (χ2v) is 7.23. The lowest BCUT2D eigenvalue weighted by atomic mass is 10.1. The molecule has 1 saturated heterocycles. The Morgan fingerprint density at radius 2 is 1.73 bits per heavy atom. The Hall–Kier alpha value is -1.65. The standard InChI is InChI=1S/C18H23N3S/c1-15-3-6-17(7-4-15)14-20-9-11-21(12-10-20)19-13-18-8-5-16(2)22-18/h3-8,13H,9-12,14H2,1-2H3/b19-13+. The van der Waals surface area contributed by atoms with Crippen LogP contribution in [0, 0.1) is 13.8 Å². The van der Waals surface area contributed by atoms with Gasteiger partial charge in [-0.25, -0.2) is 0 Å². The highest BCUT2D eigenvalue weighted by atomic mass is 32.1. The number of hydrogen-bond acceptors (Lipinski definition) is 4. The van der Waals surface area contributed by atoms with Gasteiger partial charge in [-0.05, 0) is 31.5 Å². The molecule has 0 aliphatic carbocycles. The number of rotatable bonds is 4. The van der Waals surface area contributed by atoms with Gasteiger partial charge in [-0.3, -0.25) is 9.91 Å². The third kappa shape index (κ3) is 4.18. The fourth-order valence-electron chi connectivity index (χ4n) is 2.62. The molecule has 0 saturated carbocycles. The van der Waals surface area contributed by atoms with Gasteiger partial charge in [-0.15, -0.1) is 11.3 Å². The lowest BCUT2D eigenvalue weighted by Gasteiger charge is -2.33. The molecular weight excluding hydrogens is 290 g/mol. The van der Waals surface area contributed by atoms with Crippen molar-refractivity contribution in [1.82, 2.24) is 9.91 Å². The predicted molar refractivity (Wildman–Crippen MR) is 94.7 cm³/mol. The highest BCUT2D eigenvalue weighted by molar-refractivity contribution is 7.13. The van der Waals surface area contributed by atoms with Crippen LogP contribution >= 0.6 is 11.3 Å². The van der Waals surface area contributed by atoms with Crippen LogP contribution in [0.15, 0.2) is 41.5 Å². The zero-order valence-corrected chi connectivity index (χ0v) is 14.1. The fraction of sp³-hybridized carbons (Fsp3) is 0.389. The van der Waals surface area contributed by atoms with E-state index in [1.165, 1.54) is 20.9 Å². The SMILES string of the molecule is Cc1ccc(CN2CCN(/N=C/c3ccc(C)s3)CC2)cc1. The van der Waals surface area contributed by atoms with Crippen LogP contribution < -0.4 is 0 Å². The predicted octanol–water partition coefficient (Wildman–Crippen LogP) is 3.52. The van der Waals surface area contributed by atoms with Crippen molar-refractivity contribution in [2.75, 3.05) is 26.2 Å². The lowest BCUT2D eigenvalue weighted by Crippen LogP contribution is -2.43. The van der Waals surface area contributed by atoms with Crippen LogP contribution in [0.1, 0.15) is 20.9 Å². The highest BCUT2D eigenvalue weighted by Crippen LogP contribution is 2.13. The largest absolute Gasteiger partial charge is 0.295 e. The Kier molecular flexibility index (Phi) is 4.90. The maximum absolute atomic E-state index is 4.61. The number of aryl methyl sites for hydroxylation is 2. The molecular formula is C18H23N3S. The number of benzene rings is 1. The summed E-state index contributed by atoms with van der Waals surface area (Å²) in [5.41, 5.74) is 2.73. The van der Waals surface area contributed by atoms with Crippen LogP contribution in [0.4, 0.5) is 0 Å². The molecule has 1 fully saturated rings. The van der Waals surface area contributed by atoms with Gasteiger partial charge in [0, 0.05) is 42.5 Å². The summed E-state index contributed by atoms with van der Waals surface area (Å²) in [5, 5.41) is 6.79. The molecule has 1 aliphatic heterocycles. The Morgan fingerprint density at radius 1 is 1.00 bits per heavy atom. The summed E-state index contributed by atoms with van der Waals surface area (Å²) in [5.74, 6) is 0. The second kappa shape index (κ2) is 7.07. The highest BCUT2D eigenvalue weighted by Gasteiger charge is 2.15. The minimum atomic E-state index is 1.01. The Balaban J connectivity index is 1.48. The van der Waals surface area contributed by atoms with E-state index >= 15 is 0 Å². The summed E-state index contributed by atoms with van der Waals surface area (Å²) in [6.45, 7) is 9.48. The van der Waals surface area contributed by atoms with Crippen LogP contribution in [-0.4, -0.2) is 42.3 Å². The van der Waals surface area contributed by atoms with Crippen molar-refractivity contribution in [3.8, 4) is 0 Å². The molecule has 0 atom stereocenters. The molecule has 0 amide bonds. The molecule has 2 aromatic rings. The zero-order valence-electron chi connectivity index (χ0n) is 13.3. The van der Waals surface area contributed by atoms with Crippen molar-refractivity contribution in [3.63, 3.8) is 0 Å². The first-order valence-corrected chi connectivity index (χ1v) is 8.64. The first-order valence-electron chi connectivity index (χ1n) is 7.82. The van der Waals surface area contributed by atoms with E-state index in [1.54, 1.807) is 11.3 Å². The molecule has 0 radical (unpaired) electrons. The summed E-state index contributed by atoms with van der Waals surface area (Å²) in [6.07, 6.45) is 1.99. The van der Waals surface area contributed by atoms with E-state index < -0.39 is 0 Å². The first-order chi connectivity index (χ1) is 10.7. The van der Waals surface area contributed by atoms with Gasteiger partial charge < -0.3 is 0 Å². The second-order valence-electron chi connectivity index (χ2n) is 5.91. The molecule has 1 aromatic heterocycles. The normalized spacial score (nSPS) is 16.5. The fourth-order valence-corrected chi connectivity index (χ4v) is 3.37. The van der Waals surface area contributed by atoms with Gasteiger partial charge >= 0.3 is 0 Å². The molecule has 0 unspecified atom stereocenters. The molecule has 116 valence electrons. The molecule has 3 rings (SSSR count). The molecule has 0 N–H and O–H groups in total. The summed E-state index contributed by atoms with van der Waals surface area (Å²) in [6, 6.07) is 13.1. The van der Waals surface area contributed by atoms with E-state index in [2.05, 4.69) is 65.3 Å². The molecule has 3 nitrogen and oxygen atoms in total. The monoisotopic (exact) mass is 313 g/mol. The number of hydrazone groups is 1. The van der Waals surface area contributed by atoms with Gasteiger partial charge in [-0.1, -0.05) is 29.8 Å². The quantitative estimate of drug-likeness (QED) is 0.804. The minimum Gasteiger partial charge on any atom is -0.295 e. The van der Waals surface area contributed by atoms with Crippen molar-refractivity contribution in [1.29, 1.82) is 0 Å². The third-order valence-electron chi connectivity index (χ3n) is 3.98. The summed E-state index contributed by atoms with van der Waals surface area (Å²) in [4.78, 5) is 5.08. The Labute approximate surface area is 136 Å². The van der Waals surface area contributed by atoms with E-state index in [1.807, 2.05) is 6.21 Å². The van der Waals surface area contributed by atoms with Crippen molar-refractivity contribution < 1.29 is 0 Å². The van der Waals surface area contributed by atoms with E-state index in [0.717, 1.165) is 32.7 Å². The van der Waals surface area contributed by atoms with Crippen molar-refractivity contribution in [3.05, 3.63) is 57.3 Å². The van der Waals surface area contributed by atoms with E-state index in [0.29, 0.717) is 0 Å². The third-order valence-corrected chi connectivity index (χ3v) is 4.92. The van der Waals surface area contributed by atoms with Gasteiger partial charge in [0.1, 0.15) is 0 Å². The number of hydrogen-bond donors (Lipinski definition) is 0. The first kappa shape index (κ1) is 15.3. The van der Waals surface area contributed by atoms with Gasteiger partial charge in [0.15, 0.2) is 0 Å². The summed E-state index contributed by atoms with van der Waals surface area (Å²) >= 11 is 1.79. The molecule has 0 bridgehead atoms. The molecule has 4 heteroatoms. The number of piperazine rings is 1. The molecule has 1 aromatic carbocycles. The van der Waals surface area contributed by atoms with Crippen molar-refractivity contribution in [2.24, 2.45) is 5.10 Å². The minimum absolute atomic E-state index is 1.01. The van der Waals surface area contributed by atoms with Gasteiger partial charge in [0.25, 0.3) is 0 Å². The summed E-state index contributed by atoms with van der Waals surface area (Å²) < 4.78 is 0. The average Bonchev–Trinajstić information content (AvgIpc) is 2.94. The van der Waals surface area contributed by atoms with Gasteiger partial charge in [0.05, 0.1) is 6.21 Å². The van der Waals surface area contributed by atoms with Crippen LogP contribution in [0.3, 0.4) is 0 Å². The lowest BCUT2D eigenvalue weighted by molar-refractivity contribution is 0.131. The maximum atomic E-state index is 4.61. The van der Waals surface area contributed by atoms with E-state index in [9.17, 15) is 0 Å². The van der Waals surface area contributed by atoms with E-state index in [-0.39, 0.29) is 0 Å². The molecule has 2 heterocycles. The Morgan fingerprint density at radius 3 is 2.36 bits per heavy atom. The van der Waals surface area contributed by atoms with Crippen LogP contribution in [0.2, 0.25) is 0 Å². The summed E-state index contributed by atoms with van der Waals surface area (Å²) in [7, 11) is 0. The smallest absolute Gasteiger partial charge is 0.0642 e. The number of nitrogens with zero attached hydrogens (tertiary/aromatic N) is 3. The van der Waals surface area contributed by atoms with Crippen LogP contribution in [0.25, 0.3) is 0 Å². The number of thiophene rings is 1.